The highest BCUT2D eigenvalue weighted by Gasteiger charge is 2.37. The van der Waals surface area contributed by atoms with Gasteiger partial charge in [-0.1, -0.05) is 0 Å². The van der Waals surface area contributed by atoms with Crippen molar-refractivity contribution in [3.8, 4) is 0 Å². The molecule has 1 aliphatic heterocycles. The van der Waals surface area contributed by atoms with Gasteiger partial charge in [-0.15, -0.1) is 0 Å². The van der Waals surface area contributed by atoms with Gasteiger partial charge in [0, 0.05) is 18.2 Å². The van der Waals surface area contributed by atoms with Crippen molar-refractivity contribution >= 4 is 5.97 Å². The van der Waals surface area contributed by atoms with Crippen molar-refractivity contribution in [1.29, 1.82) is 0 Å². The molecule has 24 heavy (non-hydrogen) atoms. The number of alkyl halides is 3. The molecule has 0 unspecified atom stereocenters. The molecule has 0 aromatic carbocycles. The maximum absolute atomic E-state index is 14.0. The molecule has 0 radical (unpaired) electrons. The number of pyridine rings is 1. The standard InChI is InChI=1S/C13H10F4N4O3/c14-9-6(3-4-18-10(9)13(15,16)17)5-20-12(24)21-7(11(22)23)1-2-8(21)19-20/h3-4,7H,1-2,5H2,(H,22,23)/t7-/m0/s1. The Morgan fingerprint density at radius 3 is 2.75 bits per heavy atom. The van der Waals surface area contributed by atoms with Gasteiger partial charge in [0.2, 0.25) is 0 Å². The lowest BCUT2D eigenvalue weighted by Gasteiger charge is -2.10. The molecule has 0 spiro atoms. The molecular formula is C13H10F4N4O3. The van der Waals surface area contributed by atoms with Gasteiger partial charge in [0.25, 0.3) is 0 Å². The van der Waals surface area contributed by atoms with E-state index in [2.05, 4.69) is 10.1 Å². The van der Waals surface area contributed by atoms with Crippen LogP contribution in [0.5, 0.6) is 0 Å². The van der Waals surface area contributed by atoms with Gasteiger partial charge in [-0.25, -0.2) is 23.6 Å². The van der Waals surface area contributed by atoms with Crippen LogP contribution in [0, 0.1) is 5.82 Å². The lowest BCUT2D eigenvalue weighted by atomic mass is 10.2. The molecule has 7 nitrogen and oxygen atoms in total. The van der Waals surface area contributed by atoms with Crippen LogP contribution >= 0.6 is 0 Å². The molecule has 0 bridgehead atoms. The van der Waals surface area contributed by atoms with Crippen LogP contribution in [0.15, 0.2) is 17.1 Å². The quantitative estimate of drug-likeness (QED) is 0.844. The zero-order valence-corrected chi connectivity index (χ0v) is 11.9. The Morgan fingerprint density at radius 2 is 2.12 bits per heavy atom. The van der Waals surface area contributed by atoms with Gasteiger partial charge in [0.1, 0.15) is 11.9 Å². The third-order valence-corrected chi connectivity index (χ3v) is 3.74. The second-order valence-corrected chi connectivity index (χ2v) is 5.25. The smallest absolute Gasteiger partial charge is 0.436 e. The van der Waals surface area contributed by atoms with E-state index in [4.69, 9.17) is 5.11 Å². The predicted molar refractivity (Wildman–Crippen MR) is 69.8 cm³/mol. The van der Waals surface area contributed by atoms with Crippen molar-refractivity contribution in [3.05, 3.63) is 45.6 Å². The number of hydrogen-bond donors (Lipinski definition) is 1. The molecule has 128 valence electrons. The Bertz CT molecular complexity index is 871. The summed E-state index contributed by atoms with van der Waals surface area (Å²) in [6.45, 7) is -0.553. The number of rotatable bonds is 3. The van der Waals surface area contributed by atoms with Crippen molar-refractivity contribution in [2.45, 2.75) is 31.6 Å². The Balaban J connectivity index is 1.99. The fraction of sp³-hybridized carbons (Fsp3) is 0.385. The van der Waals surface area contributed by atoms with Crippen LogP contribution in [0.4, 0.5) is 17.6 Å². The molecule has 0 saturated carbocycles. The molecule has 0 aliphatic carbocycles. The molecule has 0 fully saturated rings. The van der Waals surface area contributed by atoms with Gasteiger partial charge in [-0.2, -0.15) is 18.3 Å². The van der Waals surface area contributed by atoms with Crippen LogP contribution < -0.4 is 5.69 Å². The molecule has 3 heterocycles. The third-order valence-electron chi connectivity index (χ3n) is 3.74. The van der Waals surface area contributed by atoms with Crippen LogP contribution in [0.2, 0.25) is 0 Å². The largest absolute Gasteiger partial charge is 0.480 e. The number of carboxylic acids is 1. The monoisotopic (exact) mass is 346 g/mol. The van der Waals surface area contributed by atoms with E-state index in [-0.39, 0.29) is 18.7 Å². The highest BCUT2D eigenvalue weighted by molar-refractivity contribution is 5.72. The summed E-state index contributed by atoms with van der Waals surface area (Å²) in [6.07, 6.45) is -3.73. The van der Waals surface area contributed by atoms with E-state index in [1.54, 1.807) is 0 Å². The number of halogens is 4. The average molecular weight is 346 g/mol. The van der Waals surface area contributed by atoms with Gasteiger partial charge in [-0.3, -0.25) is 4.57 Å². The fourth-order valence-corrected chi connectivity index (χ4v) is 2.65. The summed E-state index contributed by atoms with van der Waals surface area (Å²) in [5.41, 5.74) is -2.90. The first-order valence-electron chi connectivity index (χ1n) is 6.81. The normalized spacial score (nSPS) is 17.1. The number of fused-ring (bicyclic) bond motifs is 1. The molecule has 1 atom stereocenters. The van der Waals surface area contributed by atoms with Crippen LogP contribution in [-0.4, -0.2) is 30.4 Å². The summed E-state index contributed by atoms with van der Waals surface area (Å²) in [5.74, 6) is -2.58. The Morgan fingerprint density at radius 1 is 1.42 bits per heavy atom. The van der Waals surface area contributed by atoms with E-state index in [1.165, 1.54) is 0 Å². The zero-order chi connectivity index (χ0) is 17.6. The van der Waals surface area contributed by atoms with Gasteiger partial charge >= 0.3 is 17.8 Å². The molecule has 0 saturated heterocycles. The van der Waals surface area contributed by atoms with Gasteiger partial charge < -0.3 is 5.11 Å². The van der Waals surface area contributed by atoms with Crippen molar-refractivity contribution < 1.29 is 27.5 Å². The van der Waals surface area contributed by atoms with Crippen LogP contribution in [0.25, 0.3) is 0 Å². The molecule has 2 aromatic rings. The first-order valence-corrected chi connectivity index (χ1v) is 6.81. The van der Waals surface area contributed by atoms with Gasteiger partial charge in [0.15, 0.2) is 11.5 Å². The predicted octanol–water partition coefficient (Wildman–Crippen LogP) is 1.22. The third kappa shape index (κ3) is 2.55. The molecule has 11 heteroatoms. The molecule has 3 rings (SSSR count). The zero-order valence-electron chi connectivity index (χ0n) is 11.9. The second kappa shape index (κ2) is 5.42. The summed E-state index contributed by atoms with van der Waals surface area (Å²) in [5, 5.41) is 13.0. The fourth-order valence-electron chi connectivity index (χ4n) is 2.65. The van der Waals surface area contributed by atoms with Crippen LogP contribution in [0.3, 0.4) is 0 Å². The van der Waals surface area contributed by atoms with Gasteiger partial charge in [-0.05, 0) is 12.5 Å². The van der Waals surface area contributed by atoms with E-state index < -0.39 is 47.5 Å². The first-order chi connectivity index (χ1) is 11.2. The molecular weight excluding hydrogens is 336 g/mol. The Kier molecular flexibility index (Phi) is 3.65. The number of aryl methyl sites for hydroxylation is 1. The molecule has 2 aromatic heterocycles. The maximum Gasteiger partial charge on any atom is 0.436 e. The van der Waals surface area contributed by atoms with Crippen LogP contribution in [-0.2, 0) is 23.9 Å². The van der Waals surface area contributed by atoms with Crippen molar-refractivity contribution in [2.24, 2.45) is 0 Å². The van der Waals surface area contributed by atoms with E-state index in [9.17, 15) is 27.2 Å². The first kappa shape index (κ1) is 16.1. The Hall–Kier alpha value is -2.72. The summed E-state index contributed by atoms with van der Waals surface area (Å²) in [6, 6.07) is -0.0647. The topological polar surface area (TPSA) is 90.0 Å². The maximum atomic E-state index is 14.0. The van der Waals surface area contributed by atoms with Crippen LogP contribution in [0.1, 0.15) is 29.5 Å². The number of nitrogens with zero attached hydrogens (tertiary/aromatic N) is 4. The van der Waals surface area contributed by atoms with Crippen molar-refractivity contribution in [3.63, 3.8) is 0 Å². The SMILES string of the molecule is O=C(O)[C@@H]1CCc2nn(Cc3ccnc(C(F)(F)F)c3F)c(=O)n21. The minimum Gasteiger partial charge on any atom is -0.480 e. The lowest BCUT2D eigenvalue weighted by molar-refractivity contribution is -0.144. The minimum atomic E-state index is -4.96. The number of aliphatic carboxylic acids is 1. The van der Waals surface area contributed by atoms with Crippen molar-refractivity contribution in [2.75, 3.05) is 0 Å². The van der Waals surface area contributed by atoms with E-state index >= 15 is 0 Å². The van der Waals surface area contributed by atoms with E-state index in [0.717, 1.165) is 21.5 Å². The molecule has 1 N–H and O–H groups in total. The summed E-state index contributed by atoms with van der Waals surface area (Å²) >= 11 is 0. The summed E-state index contributed by atoms with van der Waals surface area (Å²) in [4.78, 5) is 26.3. The number of carbonyl (C=O) groups is 1. The molecule has 1 aliphatic rings. The van der Waals surface area contributed by atoms with E-state index in [0.29, 0.717) is 0 Å². The molecule has 0 amide bonds. The number of hydrogen-bond acceptors (Lipinski definition) is 4. The average Bonchev–Trinajstić information content (AvgIpc) is 3.01. The lowest BCUT2D eigenvalue weighted by Crippen LogP contribution is -2.30. The summed E-state index contributed by atoms with van der Waals surface area (Å²) in [7, 11) is 0. The highest BCUT2D eigenvalue weighted by atomic mass is 19.4. The van der Waals surface area contributed by atoms with Crippen molar-refractivity contribution in [1.82, 2.24) is 19.3 Å². The Labute approximate surface area is 131 Å². The number of aromatic nitrogens is 4. The van der Waals surface area contributed by atoms with E-state index in [1.807, 2.05) is 0 Å². The minimum absolute atomic E-state index is 0.204. The summed E-state index contributed by atoms with van der Waals surface area (Å²) < 4.78 is 53.7. The second-order valence-electron chi connectivity index (χ2n) is 5.25. The van der Waals surface area contributed by atoms with Gasteiger partial charge in [0.05, 0.1) is 6.54 Å². The highest BCUT2D eigenvalue weighted by Crippen LogP contribution is 2.30. The number of carboxylic acid groups (broad SMARTS) is 1.